The number of fused-ring (bicyclic) bond motifs is 1. The Morgan fingerprint density at radius 3 is 2.55 bits per heavy atom. The van der Waals surface area contributed by atoms with Crippen molar-refractivity contribution < 1.29 is 0 Å². The fraction of sp³-hybridized carbons (Fsp3) is 0.0556. The lowest BCUT2D eigenvalue weighted by atomic mass is 10.1. The van der Waals surface area contributed by atoms with Gasteiger partial charge in [0.05, 0.1) is 30.7 Å². The standard InChI is InChI=1S/C18H14N4/c1-2-4-14(5-3-1)13-22-18-7-6-15(10-17(18)12-21-22)16-8-9-19-20-11-16/h1-12H,13H2. The molecule has 0 N–H and O–H groups in total. The summed E-state index contributed by atoms with van der Waals surface area (Å²) in [5.74, 6) is 0. The number of aromatic nitrogens is 4. The fourth-order valence-corrected chi connectivity index (χ4v) is 2.61. The van der Waals surface area contributed by atoms with Gasteiger partial charge in [0.15, 0.2) is 0 Å². The van der Waals surface area contributed by atoms with Crippen LogP contribution in [0, 0.1) is 0 Å². The lowest BCUT2D eigenvalue weighted by molar-refractivity contribution is 0.712. The molecule has 2 aromatic heterocycles. The number of rotatable bonds is 3. The smallest absolute Gasteiger partial charge is 0.0686 e. The molecule has 4 rings (SSSR count). The van der Waals surface area contributed by atoms with E-state index in [0.29, 0.717) is 0 Å². The van der Waals surface area contributed by atoms with Crippen LogP contribution in [0.2, 0.25) is 0 Å². The SMILES string of the molecule is c1ccc(Cn2ncc3cc(-c4ccnnc4)ccc32)cc1. The molecule has 2 heterocycles. The van der Waals surface area contributed by atoms with E-state index in [1.54, 1.807) is 12.4 Å². The third-order valence-corrected chi connectivity index (χ3v) is 3.73. The summed E-state index contributed by atoms with van der Waals surface area (Å²) in [6.07, 6.45) is 5.39. The van der Waals surface area contributed by atoms with Crippen LogP contribution < -0.4 is 0 Å². The van der Waals surface area contributed by atoms with E-state index in [1.807, 2.05) is 23.0 Å². The summed E-state index contributed by atoms with van der Waals surface area (Å²) in [6.45, 7) is 0.778. The first kappa shape index (κ1) is 12.7. The Bertz CT molecular complexity index is 898. The molecule has 0 radical (unpaired) electrons. The van der Waals surface area contributed by atoms with Gasteiger partial charge in [-0.15, -0.1) is 0 Å². The zero-order valence-corrected chi connectivity index (χ0v) is 11.9. The first-order valence-corrected chi connectivity index (χ1v) is 7.17. The first-order valence-electron chi connectivity index (χ1n) is 7.17. The van der Waals surface area contributed by atoms with Gasteiger partial charge in [0.2, 0.25) is 0 Å². The third-order valence-electron chi connectivity index (χ3n) is 3.73. The van der Waals surface area contributed by atoms with Crippen molar-refractivity contribution in [1.29, 1.82) is 0 Å². The zero-order chi connectivity index (χ0) is 14.8. The highest BCUT2D eigenvalue weighted by Gasteiger charge is 2.05. The second-order valence-corrected chi connectivity index (χ2v) is 5.19. The number of hydrogen-bond acceptors (Lipinski definition) is 3. The van der Waals surface area contributed by atoms with E-state index in [4.69, 9.17) is 0 Å². The second kappa shape index (κ2) is 5.41. The van der Waals surface area contributed by atoms with Crippen LogP contribution in [-0.2, 0) is 6.54 Å². The molecule has 0 aliphatic rings. The molecule has 0 unspecified atom stereocenters. The van der Waals surface area contributed by atoms with E-state index in [1.165, 1.54) is 5.56 Å². The molecule has 4 heteroatoms. The van der Waals surface area contributed by atoms with Crippen molar-refractivity contribution in [3.05, 3.63) is 78.8 Å². The van der Waals surface area contributed by atoms with Gasteiger partial charge < -0.3 is 0 Å². The maximum Gasteiger partial charge on any atom is 0.0686 e. The summed E-state index contributed by atoms with van der Waals surface area (Å²) in [6, 6.07) is 18.7. The largest absolute Gasteiger partial charge is 0.260 e. The van der Waals surface area contributed by atoms with Crippen LogP contribution in [0.5, 0.6) is 0 Å². The Morgan fingerprint density at radius 2 is 1.73 bits per heavy atom. The Balaban J connectivity index is 1.72. The lowest BCUT2D eigenvalue weighted by Gasteiger charge is -2.05. The molecule has 0 saturated carbocycles. The van der Waals surface area contributed by atoms with Crippen LogP contribution in [0.3, 0.4) is 0 Å². The van der Waals surface area contributed by atoms with E-state index in [2.05, 4.69) is 57.8 Å². The Morgan fingerprint density at radius 1 is 0.818 bits per heavy atom. The van der Waals surface area contributed by atoms with Gasteiger partial charge in [-0.1, -0.05) is 36.4 Å². The quantitative estimate of drug-likeness (QED) is 0.578. The monoisotopic (exact) mass is 286 g/mol. The van der Waals surface area contributed by atoms with Gasteiger partial charge in [0, 0.05) is 10.9 Å². The molecule has 0 saturated heterocycles. The van der Waals surface area contributed by atoms with E-state index in [9.17, 15) is 0 Å². The van der Waals surface area contributed by atoms with Crippen molar-refractivity contribution in [2.75, 3.05) is 0 Å². The highest BCUT2D eigenvalue weighted by atomic mass is 15.3. The lowest BCUT2D eigenvalue weighted by Crippen LogP contribution is -2.00. The average molecular weight is 286 g/mol. The van der Waals surface area contributed by atoms with E-state index in [-0.39, 0.29) is 0 Å². The molecule has 0 fully saturated rings. The number of benzene rings is 2. The topological polar surface area (TPSA) is 43.6 Å². The van der Waals surface area contributed by atoms with Crippen LogP contribution in [0.1, 0.15) is 5.56 Å². The Labute approximate surface area is 128 Å². The van der Waals surface area contributed by atoms with Crippen molar-refractivity contribution in [3.8, 4) is 11.1 Å². The highest BCUT2D eigenvalue weighted by molar-refractivity contribution is 5.84. The third kappa shape index (κ3) is 2.35. The molecule has 106 valence electrons. The summed E-state index contributed by atoms with van der Waals surface area (Å²) in [4.78, 5) is 0. The minimum atomic E-state index is 0.778. The summed E-state index contributed by atoms with van der Waals surface area (Å²) < 4.78 is 2.03. The van der Waals surface area contributed by atoms with E-state index < -0.39 is 0 Å². The molecular formula is C18H14N4. The summed E-state index contributed by atoms with van der Waals surface area (Å²) >= 11 is 0. The maximum absolute atomic E-state index is 4.51. The molecule has 4 aromatic rings. The summed E-state index contributed by atoms with van der Waals surface area (Å²) in [7, 11) is 0. The Hall–Kier alpha value is -3.01. The first-order chi connectivity index (χ1) is 10.9. The zero-order valence-electron chi connectivity index (χ0n) is 11.9. The van der Waals surface area contributed by atoms with Crippen molar-refractivity contribution in [3.63, 3.8) is 0 Å². The van der Waals surface area contributed by atoms with Crippen molar-refractivity contribution in [1.82, 2.24) is 20.0 Å². The Kier molecular flexibility index (Phi) is 3.12. The summed E-state index contributed by atoms with van der Waals surface area (Å²) in [5, 5.41) is 13.4. The average Bonchev–Trinajstić information content (AvgIpc) is 2.99. The van der Waals surface area contributed by atoms with Crippen LogP contribution in [0.4, 0.5) is 0 Å². The molecule has 0 aliphatic heterocycles. The minimum Gasteiger partial charge on any atom is -0.260 e. The molecule has 0 aliphatic carbocycles. The molecule has 0 atom stereocenters. The van der Waals surface area contributed by atoms with Gasteiger partial charge in [0.25, 0.3) is 0 Å². The predicted octanol–water partition coefficient (Wildman–Crippen LogP) is 3.54. The maximum atomic E-state index is 4.51. The molecule has 0 spiro atoms. The molecule has 2 aromatic carbocycles. The fourth-order valence-electron chi connectivity index (χ4n) is 2.61. The summed E-state index contributed by atoms with van der Waals surface area (Å²) in [5.41, 5.74) is 4.57. The van der Waals surface area contributed by atoms with Gasteiger partial charge >= 0.3 is 0 Å². The molecule has 22 heavy (non-hydrogen) atoms. The van der Waals surface area contributed by atoms with Gasteiger partial charge in [0.1, 0.15) is 0 Å². The van der Waals surface area contributed by atoms with Gasteiger partial charge in [-0.05, 0) is 29.3 Å². The van der Waals surface area contributed by atoms with Crippen molar-refractivity contribution in [2.24, 2.45) is 0 Å². The van der Waals surface area contributed by atoms with Gasteiger partial charge in [-0.25, -0.2) is 0 Å². The molecule has 0 bridgehead atoms. The minimum absolute atomic E-state index is 0.778. The van der Waals surface area contributed by atoms with E-state index in [0.717, 1.165) is 28.6 Å². The number of nitrogens with zero attached hydrogens (tertiary/aromatic N) is 4. The molecular weight excluding hydrogens is 272 g/mol. The molecule has 4 nitrogen and oxygen atoms in total. The molecule has 0 amide bonds. The normalized spacial score (nSPS) is 10.9. The number of hydrogen-bond donors (Lipinski definition) is 0. The van der Waals surface area contributed by atoms with Crippen LogP contribution in [0.15, 0.2) is 73.2 Å². The van der Waals surface area contributed by atoms with Crippen LogP contribution in [0.25, 0.3) is 22.0 Å². The van der Waals surface area contributed by atoms with Gasteiger partial charge in [-0.3, -0.25) is 4.68 Å². The second-order valence-electron chi connectivity index (χ2n) is 5.19. The van der Waals surface area contributed by atoms with Crippen LogP contribution >= 0.6 is 0 Å². The van der Waals surface area contributed by atoms with Gasteiger partial charge in [-0.2, -0.15) is 15.3 Å². The predicted molar refractivity (Wildman–Crippen MR) is 86.3 cm³/mol. The van der Waals surface area contributed by atoms with Crippen LogP contribution in [-0.4, -0.2) is 20.0 Å². The van der Waals surface area contributed by atoms with E-state index >= 15 is 0 Å². The highest BCUT2D eigenvalue weighted by Crippen LogP contribution is 2.23. The van der Waals surface area contributed by atoms with Crippen molar-refractivity contribution in [2.45, 2.75) is 6.54 Å². The van der Waals surface area contributed by atoms with Crippen molar-refractivity contribution >= 4 is 10.9 Å².